The predicted molar refractivity (Wildman–Crippen MR) is 82.7 cm³/mol. The summed E-state index contributed by atoms with van der Waals surface area (Å²) >= 11 is 0. The van der Waals surface area contributed by atoms with Crippen LogP contribution in [-0.2, 0) is 4.74 Å². The Morgan fingerprint density at radius 2 is 2.00 bits per heavy atom. The number of hydrogen-bond donors (Lipinski definition) is 1. The number of amides is 1. The van der Waals surface area contributed by atoms with Crippen LogP contribution in [0.2, 0.25) is 0 Å². The number of hydrogen-bond acceptors (Lipinski definition) is 4. The van der Waals surface area contributed by atoms with Crippen LogP contribution in [0.15, 0.2) is 24.3 Å². The van der Waals surface area contributed by atoms with Gasteiger partial charge in [0.2, 0.25) is 0 Å². The molecular weight excluding hydrogens is 268 g/mol. The van der Waals surface area contributed by atoms with Crippen molar-refractivity contribution >= 4 is 11.6 Å². The fourth-order valence-electron chi connectivity index (χ4n) is 2.60. The Morgan fingerprint density at radius 3 is 2.57 bits per heavy atom. The van der Waals surface area contributed by atoms with E-state index in [0.29, 0.717) is 25.3 Å². The van der Waals surface area contributed by atoms with Crippen molar-refractivity contribution in [2.75, 3.05) is 44.3 Å². The molecule has 116 valence electrons. The summed E-state index contributed by atoms with van der Waals surface area (Å²) in [5.74, 6) is 0.00264. The van der Waals surface area contributed by atoms with E-state index in [1.54, 1.807) is 4.90 Å². The molecule has 21 heavy (non-hydrogen) atoms. The maximum atomic E-state index is 12.5. The highest BCUT2D eigenvalue weighted by Crippen LogP contribution is 2.17. The molecule has 1 fully saturated rings. The molecule has 1 N–H and O–H groups in total. The van der Waals surface area contributed by atoms with Gasteiger partial charge in [-0.15, -0.1) is 0 Å². The molecule has 0 saturated carbocycles. The summed E-state index contributed by atoms with van der Waals surface area (Å²) in [7, 11) is 0. The first-order chi connectivity index (χ1) is 10.2. The average molecular weight is 292 g/mol. The first kappa shape index (κ1) is 15.8. The molecule has 1 amide bonds. The van der Waals surface area contributed by atoms with Crippen LogP contribution in [0.25, 0.3) is 0 Å². The van der Waals surface area contributed by atoms with Gasteiger partial charge in [0, 0.05) is 37.4 Å². The third kappa shape index (κ3) is 3.74. The Kier molecular flexibility index (Phi) is 5.59. The van der Waals surface area contributed by atoms with Crippen molar-refractivity contribution in [3.05, 3.63) is 29.8 Å². The molecule has 0 aliphatic carbocycles. The van der Waals surface area contributed by atoms with Gasteiger partial charge in [-0.2, -0.15) is 0 Å². The van der Waals surface area contributed by atoms with Gasteiger partial charge in [-0.3, -0.25) is 4.79 Å². The van der Waals surface area contributed by atoms with E-state index in [0.717, 1.165) is 18.8 Å². The fourth-order valence-corrected chi connectivity index (χ4v) is 2.60. The molecule has 0 aromatic heterocycles. The number of carbonyl (C=O) groups is 1. The zero-order valence-corrected chi connectivity index (χ0v) is 12.8. The van der Waals surface area contributed by atoms with Crippen LogP contribution < -0.4 is 4.90 Å². The summed E-state index contributed by atoms with van der Waals surface area (Å²) in [5, 5.41) is 9.14. The van der Waals surface area contributed by atoms with Crippen molar-refractivity contribution in [2.45, 2.75) is 20.0 Å². The van der Waals surface area contributed by atoms with Crippen LogP contribution in [0.3, 0.4) is 0 Å². The Morgan fingerprint density at radius 1 is 1.33 bits per heavy atom. The van der Waals surface area contributed by atoms with Crippen molar-refractivity contribution in [1.29, 1.82) is 0 Å². The minimum absolute atomic E-state index is 0.00264. The fraction of sp³-hybridized carbons (Fsp3) is 0.562. The molecule has 1 aliphatic heterocycles. The van der Waals surface area contributed by atoms with Crippen LogP contribution >= 0.6 is 0 Å². The quantitative estimate of drug-likeness (QED) is 0.890. The second-order valence-corrected chi connectivity index (χ2v) is 5.15. The first-order valence-corrected chi connectivity index (χ1v) is 7.56. The van der Waals surface area contributed by atoms with Crippen LogP contribution in [0, 0.1) is 0 Å². The summed E-state index contributed by atoms with van der Waals surface area (Å²) in [4.78, 5) is 16.4. The smallest absolute Gasteiger partial charge is 0.254 e. The standard InChI is InChI=1S/C16H24N2O3/c1-3-17(4-2)14-7-5-13(6-8-14)16(20)18-9-10-21-15(11-18)12-19/h5-8,15,19H,3-4,9-12H2,1-2H3. The molecule has 1 unspecified atom stereocenters. The number of carbonyl (C=O) groups excluding carboxylic acids is 1. The molecule has 5 nitrogen and oxygen atoms in total. The van der Waals surface area contributed by atoms with Gasteiger partial charge in [0.25, 0.3) is 5.91 Å². The largest absolute Gasteiger partial charge is 0.394 e. The van der Waals surface area contributed by atoms with E-state index < -0.39 is 0 Å². The van der Waals surface area contributed by atoms with E-state index in [1.807, 2.05) is 24.3 Å². The first-order valence-electron chi connectivity index (χ1n) is 7.56. The van der Waals surface area contributed by atoms with E-state index >= 15 is 0 Å². The predicted octanol–water partition coefficient (Wildman–Crippen LogP) is 1.37. The second kappa shape index (κ2) is 7.43. The molecular formula is C16H24N2O3. The molecule has 0 spiro atoms. The lowest BCUT2D eigenvalue weighted by atomic mass is 10.1. The number of rotatable bonds is 5. The van der Waals surface area contributed by atoms with E-state index in [-0.39, 0.29) is 18.6 Å². The summed E-state index contributed by atoms with van der Waals surface area (Å²) < 4.78 is 5.37. The highest BCUT2D eigenvalue weighted by atomic mass is 16.5. The zero-order chi connectivity index (χ0) is 15.2. The molecule has 1 aliphatic rings. The zero-order valence-electron chi connectivity index (χ0n) is 12.8. The maximum Gasteiger partial charge on any atom is 0.254 e. The molecule has 1 aromatic carbocycles. The number of anilines is 1. The third-order valence-electron chi connectivity index (χ3n) is 3.87. The normalized spacial score (nSPS) is 18.6. The number of benzene rings is 1. The lowest BCUT2D eigenvalue weighted by Crippen LogP contribution is -2.46. The number of nitrogens with zero attached hydrogens (tertiary/aromatic N) is 2. The van der Waals surface area contributed by atoms with Crippen LogP contribution in [-0.4, -0.2) is 61.4 Å². The lowest BCUT2D eigenvalue weighted by Gasteiger charge is -2.32. The SMILES string of the molecule is CCN(CC)c1ccc(C(=O)N2CCOC(CO)C2)cc1. The Bertz CT molecular complexity index is 457. The number of aliphatic hydroxyl groups excluding tert-OH is 1. The Balaban J connectivity index is 2.05. The van der Waals surface area contributed by atoms with Crippen molar-refractivity contribution in [2.24, 2.45) is 0 Å². The molecule has 5 heteroatoms. The molecule has 0 bridgehead atoms. The topological polar surface area (TPSA) is 53.0 Å². The van der Waals surface area contributed by atoms with Crippen molar-refractivity contribution < 1.29 is 14.6 Å². The second-order valence-electron chi connectivity index (χ2n) is 5.15. The lowest BCUT2D eigenvalue weighted by molar-refractivity contribution is -0.0447. The van der Waals surface area contributed by atoms with Gasteiger partial charge < -0.3 is 19.6 Å². The van der Waals surface area contributed by atoms with Crippen molar-refractivity contribution in [3.8, 4) is 0 Å². The summed E-state index contributed by atoms with van der Waals surface area (Å²) in [6.07, 6.45) is -0.266. The maximum absolute atomic E-state index is 12.5. The van der Waals surface area contributed by atoms with Gasteiger partial charge in [-0.1, -0.05) is 0 Å². The van der Waals surface area contributed by atoms with Crippen LogP contribution in [0.4, 0.5) is 5.69 Å². The molecule has 1 heterocycles. The number of ether oxygens (including phenoxy) is 1. The summed E-state index contributed by atoms with van der Waals surface area (Å²) in [6, 6.07) is 7.73. The van der Waals surface area contributed by atoms with Crippen molar-refractivity contribution in [1.82, 2.24) is 4.90 Å². The van der Waals surface area contributed by atoms with Gasteiger partial charge in [-0.05, 0) is 38.1 Å². The average Bonchev–Trinajstić information content (AvgIpc) is 2.56. The summed E-state index contributed by atoms with van der Waals surface area (Å²) in [6.45, 7) is 7.59. The molecule has 1 aromatic rings. The number of morpholine rings is 1. The van der Waals surface area contributed by atoms with Crippen LogP contribution in [0.5, 0.6) is 0 Å². The highest BCUT2D eigenvalue weighted by molar-refractivity contribution is 5.94. The molecule has 0 radical (unpaired) electrons. The van der Waals surface area contributed by atoms with E-state index in [2.05, 4.69) is 18.7 Å². The molecule has 1 saturated heterocycles. The Labute approximate surface area is 126 Å². The van der Waals surface area contributed by atoms with Crippen LogP contribution in [0.1, 0.15) is 24.2 Å². The minimum atomic E-state index is -0.266. The highest BCUT2D eigenvalue weighted by Gasteiger charge is 2.24. The minimum Gasteiger partial charge on any atom is -0.394 e. The van der Waals surface area contributed by atoms with Gasteiger partial charge in [0.15, 0.2) is 0 Å². The summed E-state index contributed by atoms with van der Waals surface area (Å²) in [5.41, 5.74) is 1.82. The van der Waals surface area contributed by atoms with E-state index in [1.165, 1.54) is 0 Å². The van der Waals surface area contributed by atoms with Crippen molar-refractivity contribution in [3.63, 3.8) is 0 Å². The van der Waals surface area contributed by atoms with Gasteiger partial charge in [0.1, 0.15) is 0 Å². The molecule has 1 atom stereocenters. The van der Waals surface area contributed by atoms with Gasteiger partial charge in [-0.25, -0.2) is 0 Å². The third-order valence-corrected chi connectivity index (χ3v) is 3.87. The van der Waals surface area contributed by atoms with E-state index in [9.17, 15) is 4.79 Å². The van der Waals surface area contributed by atoms with Gasteiger partial charge in [0.05, 0.1) is 19.3 Å². The van der Waals surface area contributed by atoms with E-state index in [4.69, 9.17) is 9.84 Å². The molecule has 2 rings (SSSR count). The Hall–Kier alpha value is -1.59. The monoisotopic (exact) mass is 292 g/mol. The number of aliphatic hydroxyl groups is 1. The van der Waals surface area contributed by atoms with Gasteiger partial charge >= 0.3 is 0 Å².